The summed E-state index contributed by atoms with van der Waals surface area (Å²) in [6.07, 6.45) is 4.56. The molecular formula is C18H29NO4. The molecule has 0 aromatic heterocycles. The van der Waals surface area contributed by atoms with Crippen molar-refractivity contribution >= 4 is 5.91 Å². The first-order valence-electron chi connectivity index (χ1n) is 8.19. The van der Waals surface area contributed by atoms with Gasteiger partial charge >= 0.3 is 0 Å². The van der Waals surface area contributed by atoms with Crippen molar-refractivity contribution < 1.29 is 19.0 Å². The normalized spacial score (nSPS) is 11.7. The number of nitrogens with one attached hydrogen (secondary N) is 1. The van der Waals surface area contributed by atoms with Crippen molar-refractivity contribution in [1.29, 1.82) is 0 Å². The first kappa shape index (κ1) is 19.1. The van der Waals surface area contributed by atoms with Gasteiger partial charge in [0, 0.05) is 6.54 Å². The molecule has 130 valence electrons. The Balaban J connectivity index is 2.87. The number of carbonyl (C=O) groups excluding carboxylic acids is 1. The Hall–Kier alpha value is -1.91. The van der Waals surface area contributed by atoms with Crippen molar-refractivity contribution in [2.24, 2.45) is 5.92 Å². The van der Waals surface area contributed by atoms with E-state index in [0.717, 1.165) is 12.8 Å². The molecular weight excluding hydrogens is 294 g/mol. The number of unbranched alkanes of at least 4 members (excludes halogenated alkanes) is 1. The lowest BCUT2D eigenvalue weighted by Crippen LogP contribution is -2.29. The number of amides is 1. The van der Waals surface area contributed by atoms with Crippen molar-refractivity contribution in [1.82, 2.24) is 5.32 Å². The van der Waals surface area contributed by atoms with Gasteiger partial charge < -0.3 is 19.5 Å². The monoisotopic (exact) mass is 323 g/mol. The van der Waals surface area contributed by atoms with Crippen LogP contribution < -0.4 is 19.5 Å². The molecule has 1 amide bonds. The first-order chi connectivity index (χ1) is 11.1. The lowest BCUT2D eigenvalue weighted by Gasteiger charge is -2.18. The highest BCUT2D eigenvalue weighted by atomic mass is 16.5. The summed E-state index contributed by atoms with van der Waals surface area (Å²) in [6, 6.07) is 3.41. The third kappa shape index (κ3) is 5.05. The van der Waals surface area contributed by atoms with Gasteiger partial charge in [0.2, 0.25) is 5.75 Å². The molecule has 0 aliphatic heterocycles. The van der Waals surface area contributed by atoms with Crippen LogP contribution in [0.1, 0.15) is 49.9 Å². The van der Waals surface area contributed by atoms with Crippen LogP contribution in [0.4, 0.5) is 0 Å². The van der Waals surface area contributed by atoms with Gasteiger partial charge in [-0.05, 0) is 24.5 Å². The summed E-state index contributed by atoms with van der Waals surface area (Å²) in [6.45, 7) is 5.01. The predicted molar refractivity (Wildman–Crippen MR) is 91.7 cm³/mol. The third-order valence-corrected chi connectivity index (χ3v) is 4.04. The Bertz CT molecular complexity index is 502. The second-order valence-electron chi connectivity index (χ2n) is 5.51. The minimum Gasteiger partial charge on any atom is -0.493 e. The minimum atomic E-state index is -0.155. The van der Waals surface area contributed by atoms with E-state index in [4.69, 9.17) is 14.2 Å². The SMILES string of the molecule is CCCCC(CC)CNC(=O)c1ccc(OC)c(OC)c1OC. The molecule has 1 N–H and O–H groups in total. The summed E-state index contributed by atoms with van der Waals surface area (Å²) in [7, 11) is 4.60. The molecule has 0 saturated carbocycles. The molecule has 0 aliphatic rings. The zero-order valence-electron chi connectivity index (χ0n) is 14.9. The van der Waals surface area contributed by atoms with E-state index in [1.165, 1.54) is 27.1 Å². The number of hydrogen-bond donors (Lipinski definition) is 1. The fraction of sp³-hybridized carbons (Fsp3) is 0.611. The quantitative estimate of drug-likeness (QED) is 0.714. The summed E-state index contributed by atoms with van der Waals surface area (Å²) >= 11 is 0. The summed E-state index contributed by atoms with van der Waals surface area (Å²) in [5.41, 5.74) is 0.454. The van der Waals surface area contributed by atoms with Gasteiger partial charge in [0.25, 0.3) is 5.91 Å². The molecule has 23 heavy (non-hydrogen) atoms. The molecule has 1 aromatic carbocycles. The van der Waals surface area contributed by atoms with Gasteiger partial charge in [-0.2, -0.15) is 0 Å². The Kier molecular flexibility index (Phi) is 8.30. The topological polar surface area (TPSA) is 56.8 Å². The molecule has 1 aromatic rings. The van der Waals surface area contributed by atoms with E-state index < -0.39 is 0 Å². The Morgan fingerprint density at radius 3 is 2.30 bits per heavy atom. The molecule has 5 heteroatoms. The molecule has 0 saturated heterocycles. The molecule has 1 rings (SSSR count). The number of benzene rings is 1. The molecule has 0 heterocycles. The van der Waals surface area contributed by atoms with Crippen molar-refractivity contribution in [3.05, 3.63) is 17.7 Å². The van der Waals surface area contributed by atoms with Gasteiger partial charge in [-0.1, -0.05) is 33.1 Å². The average Bonchev–Trinajstić information content (AvgIpc) is 2.59. The van der Waals surface area contributed by atoms with Gasteiger partial charge in [-0.15, -0.1) is 0 Å². The number of methoxy groups -OCH3 is 3. The molecule has 5 nitrogen and oxygen atoms in total. The minimum absolute atomic E-state index is 0.155. The summed E-state index contributed by atoms with van der Waals surface area (Å²) in [5.74, 6) is 1.71. The average molecular weight is 323 g/mol. The van der Waals surface area contributed by atoms with Crippen molar-refractivity contribution in [2.45, 2.75) is 39.5 Å². The molecule has 0 spiro atoms. The second kappa shape index (κ2) is 9.98. The van der Waals surface area contributed by atoms with E-state index in [1.807, 2.05) is 0 Å². The van der Waals surface area contributed by atoms with E-state index in [0.29, 0.717) is 35.3 Å². The number of rotatable bonds is 10. The zero-order chi connectivity index (χ0) is 17.2. The van der Waals surface area contributed by atoms with Crippen molar-refractivity contribution in [3.63, 3.8) is 0 Å². The largest absolute Gasteiger partial charge is 0.493 e. The highest BCUT2D eigenvalue weighted by Crippen LogP contribution is 2.39. The van der Waals surface area contributed by atoms with Gasteiger partial charge in [0.15, 0.2) is 11.5 Å². The number of carbonyl (C=O) groups is 1. The standard InChI is InChI=1S/C18H29NO4/c1-6-8-9-13(7-2)12-19-18(20)14-10-11-15(21-3)17(23-5)16(14)22-4/h10-11,13H,6-9,12H2,1-5H3,(H,19,20). The Labute approximate surface area is 139 Å². The fourth-order valence-corrected chi connectivity index (χ4v) is 2.56. The maximum absolute atomic E-state index is 12.5. The lowest BCUT2D eigenvalue weighted by atomic mass is 9.99. The zero-order valence-corrected chi connectivity index (χ0v) is 14.9. The summed E-state index contributed by atoms with van der Waals surface area (Å²) < 4.78 is 15.9. The lowest BCUT2D eigenvalue weighted by molar-refractivity contribution is 0.0942. The number of hydrogen-bond acceptors (Lipinski definition) is 4. The second-order valence-corrected chi connectivity index (χ2v) is 5.51. The number of ether oxygens (including phenoxy) is 3. The van der Waals surface area contributed by atoms with Gasteiger partial charge in [-0.25, -0.2) is 0 Å². The van der Waals surface area contributed by atoms with E-state index >= 15 is 0 Å². The first-order valence-corrected chi connectivity index (χ1v) is 8.19. The van der Waals surface area contributed by atoms with E-state index in [1.54, 1.807) is 19.2 Å². The highest BCUT2D eigenvalue weighted by Gasteiger charge is 2.21. The van der Waals surface area contributed by atoms with E-state index in [9.17, 15) is 4.79 Å². The van der Waals surface area contributed by atoms with Gasteiger partial charge in [0.1, 0.15) is 0 Å². The van der Waals surface area contributed by atoms with Crippen LogP contribution in [0.2, 0.25) is 0 Å². The van der Waals surface area contributed by atoms with Crippen LogP contribution in [-0.2, 0) is 0 Å². The summed E-state index contributed by atoms with van der Waals surface area (Å²) in [5, 5.41) is 3.01. The van der Waals surface area contributed by atoms with Crippen LogP contribution in [0, 0.1) is 5.92 Å². The Morgan fingerprint density at radius 2 is 1.78 bits per heavy atom. The van der Waals surface area contributed by atoms with Crippen LogP contribution in [0.5, 0.6) is 17.2 Å². The van der Waals surface area contributed by atoms with Crippen molar-refractivity contribution in [3.8, 4) is 17.2 Å². The Morgan fingerprint density at radius 1 is 1.09 bits per heavy atom. The van der Waals surface area contributed by atoms with Crippen LogP contribution in [0.25, 0.3) is 0 Å². The van der Waals surface area contributed by atoms with Gasteiger partial charge in [0.05, 0.1) is 26.9 Å². The molecule has 0 bridgehead atoms. The maximum atomic E-state index is 12.5. The molecule has 0 radical (unpaired) electrons. The van der Waals surface area contributed by atoms with E-state index in [2.05, 4.69) is 19.2 Å². The maximum Gasteiger partial charge on any atom is 0.255 e. The fourth-order valence-electron chi connectivity index (χ4n) is 2.56. The van der Waals surface area contributed by atoms with Crippen LogP contribution >= 0.6 is 0 Å². The summed E-state index contributed by atoms with van der Waals surface area (Å²) in [4.78, 5) is 12.5. The molecule has 1 unspecified atom stereocenters. The van der Waals surface area contributed by atoms with Crippen LogP contribution in [0.15, 0.2) is 12.1 Å². The van der Waals surface area contributed by atoms with Gasteiger partial charge in [-0.3, -0.25) is 4.79 Å². The molecule has 1 atom stereocenters. The molecule has 0 aliphatic carbocycles. The van der Waals surface area contributed by atoms with Crippen LogP contribution in [0.3, 0.4) is 0 Å². The third-order valence-electron chi connectivity index (χ3n) is 4.04. The smallest absolute Gasteiger partial charge is 0.255 e. The van der Waals surface area contributed by atoms with Crippen molar-refractivity contribution in [2.75, 3.05) is 27.9 Å². The predicted octanol–water partition coefficient (Wildman–Crippen LogP) is 3.66. The van der Waals surface area contributed by atoms with Crippen LogP contribution in [-0.4, -0.2) is 33.8 Å². The molecule has 0 fully saturated rings. The highest BCUT2D eigenvalue weighted by molar-refractivity contribution is 5.98. The van der Waals surface area contributed by atoms with E-state index in [-0.39, 0.29) is 5.91 Å².